The van der Waals surface area contributed by atoms with Crippen molar-refractivity contribution in [1.29, 1.82) is 0 Å². The first-order valence-corrected chi connectivity index (χ1v) is 10.1. The van der Waals surface area contributed by atoms with Crippen LogP contribution in [0.5, 0.6) is 0 Å². The number of benzene rings is 1. The summed E-state index contributed by atoms with van der Waals surface area (Å²) in [5.74, 6) is -1.78. The predicted octanol–water partition coefficient (Wildman–Crippen LogP) is 5.96. The van der Waals surface area contributed by atoms with E-state index in [0.717, 1.165) is 62.5 Å². The van der Waals surface area contributed by atoms with E-state index in [1.54, 1.807) is 0 Å². The highest BCUT2D eigenvalue weighted by molar-refractivity contribution is 6.03. The van der Waals surface area contributed by atoms with Crippen molar-refractivity contribution in [3.8, 4) is 0 Å². The second-order valence-electron chi connectivity index (χ2n) is 7.17. The molecule has 0 heterocycles. The zero-order chi connectivity index (χ0) is 19.5. The number of unbranched alkanes of at least 4 members (excludes halogenated alkanes) is 4. The fourth-order valence-electron chi connectivity index (χ4n) is 3.57. The van der Waals surface area contributed by atoms with Crippen LogP contribution < -0.4 is 0 Å². The van der Waals surface area contributed by atoms with Crippen molar-refractivity contribution in [2.75, 3.05) is 0 Å². The lowest BCUT2D eigenvalue weighted by Gasteiger charge is -2.20. The lowest BCUT2D eigenvalue weighted by atomic mass is 9.85. The van der Waals surface area contributed by atoms with Crippen molar-refractivity contribution < 1.29 is 19.8 Å². The number of rotatable bonds is 13. The SMILES string of the molecule is CCCCCCc1c(CC(CC)CCCC)ccc(C(=O)O)c1C(=O)O. The zero-order valence-electron chi connectivity index (χ0n) is 16.5. The van der Waals surface area contributed by atoms with Gasteiger partial charge in [0.1, 0.15) is 0 Å². The predicted molar refractivity (Wildman–Crippen MR) is 105 cm³/mol. The Labute approximate surface area is 157 Å². The Kier molecular flexibility index (Phi) is 10.0. The fourth-order valence-corrected chi connectivity index (χ4v) is 3.57. The van der Waals surface area contributed by atoms with Crippen molar-refractivity contribution in [2.24, 2.45) is 5.92 Å². The van der Waals surface area contributed by atoms with Crippen LogP contribution in [-0.4, -0.2) is 22.2 Å². The highest BCUT2D eigenvalue weighted by Crippen LogP contribution is 2.27. The molecule has 0 radical (unpaired) electrons. The number of carboxylic acids is 2. The minimum Gasteiger partial charge on any atom is -0.478 e. The maximum Gasteiger partial charge on any atom is 0.336 e. The summed E-state index contributed by atoms with van der Waals surface area (Å²) in [6, 6.07) is 3.32. The topological polar surface area (TPSA) is 74.6 Å². The smallest absolute Gasteiger partial charge is 0.336 e. The molecule has 1 atom stereocenters. The molecule has 0 fully saturated rings. The number of carboxylic acid groups (broad SMARTS) is 2. The van der Waals surface area contributed by atoms with Crippen LogP contribution >= 0.6 is 0 Å². The highest BCUT2D eigenvalue weighted by Gasteiger charge is 2.23. The Morgan fingerprint density at radius 1 is 0.923 bits per heavy atom. The van der Waals surface area contributed by atoms with Gasteiger partial charge in [0.15, 0.2) is 0 Å². The minimum atomic E-state index is -1.17. The molecule has 146 valence electrons. The van der Waals surface area contributed by atoms with Crippen LogP contribution in [0, 0.1) is 5.92 Å². The molecule has 0 aromatic heterocycles. The third kappa shape index (κ3) is 6.47. The maximum atomic E-state index is 11.9. The Morgan fingerprint density at radius 2 is 1.62 bits per heavy atom. The van der Waals surface area contributed by atoms with Gasteiger partial charge in [0.2, 0.25) is 0 Å². The van der Waals surface area contributed by atoms with Gasteiger partial charge in [-0.3, -0.25) is 0 Å². The minimum absolute atomic E-state index is 0.00292. The maximum absolute atomic E-state index is 11.9. The van der Waals surface area contributed by atoms with Crippen LogP contribution in [0.2, 0.25) is 0 Å². The molecular formula is C22H34O4. The van der Waals surface area contributed by atoms with E-state index in [0.29, 0.717) is 12.3 Å². The third-order valence-electron chi connectivity index (χ3n) is 5.19. The normalized spacial score (nSPS) is 12.1. The molecule has 1 aromatic carbocycles. The van der Waals surface area contributed by atoms with Gasteiger partial charge in [0.25, 0.3) is 0 Å². The van der Waals surface area contributed by atoms with Gasteiger partial charge in [-0.05, 0) is 42.4 Å². The summed E-state index contributed by atoms with van der Waals surface area (Å²) < 4.78 is 0. The molecule has 0 aliphatic heterocycles. The van der Waals surface area contributed by atoms with E-state index in [9.17, 15) is 19.8 Å². The molecule has 0 spiro atoms. The molecule has 0 saturated carbocycles. The quantitative estimate of drug-likeness (QED) is 0.424. The molecule has 0 amide bonds. The van der Waals surface area contributed by atoms with Crippen molar-refractivity contribution >= 4 is 11.9 Å². The van der Waals surface area contributed by atoms with Crippen LogP contribution in [0.4, 0.5) is 0 Å². The van der Waals surface area contributed by atoms with Gasteiger partial charge >= 0.3 is 11.9 Å². The molecule has 0 aliphatic rings. The van der Waals surface area contributed by atoms with E-state index in [1.165, 1.54) is 12.5 Å². The number of carbonyl (C=O) groups is 2. The van der Waals surface area contributed by atoms with Gasteiger partial charge in [0, 0.05) is 0 Å². The second kappa shape index (κ2) is 11.7. The van der Waals surface area contributed by atoms with Gasteiger partial charge in [0.05, 0.1) is 11.1 Å². The van der Waals surface area contributed by atoms with E-state index < -0.39 is 11.9 Å². The Morgan fingerprint density at radius 3 is 2.15 bits per heavy atom. The average molecular weight is 363 g/mol. The van der Waals surface area contributed by atoms with Crippen molar-refractivity contribution in [2.45, 2.75) is 85.0 Å². The number of aromatic carboxylic acids is 2. The standard InChI is InChI=1S/C22H34O4/c1-4-7-9-10-12-18-17(15-16(6-3)11-8-5-2)13-14-19(21(23)24)20(18)22(25)26/h13-14,16H,4-12,15H2,1-3H3,(H,23,24)(H,25,26). The van der Waals surface area contributed by atoms with E-state index in [1.807, 2.05) is 6.07 Å². The lowest BCUT2D eigenvalue weighted by Crippen LogP contribution is -2.15. The summed E-state index contributed by atoms with van der Waals surface area (Å²) >= 11 is 0. The largest absolute Gasteiger partial charge is 0.478 e. The molecule has 0 bridgehead atoms. The summed E-state index contributed by atoms with van der Waals surface area (Å²) in [4.78, 5) is 23.4. The van der Waals surface area contributed by atoms with Crippen LogP contribution in [0.3, 0.4) is 0 Å². The molecule has 26 heavy (non-hydrogen) atoms. The molecule has 4 nitrogen and oxygen atoms in total. The summed E-state index contributed by atoms with van der Waals surface area (Å²) in [5.41, 5.74) is 1.67. The molecule has 2 N–H and O–H groups in total. The van der Waals surface area contributed by atoms with Crippen LogP contribution in [0.25, 0.3) is 0 Å². The Hall–Kier alpha value is -1.84. The first-order valence-electron chi connectivity index (χ1n) is 10.1. The van der Waals surface area contributed by atoms with Crippen molar-refractivity contribution in [3.05, 3.63) is 34.4 Å². The number of hydrogen-bond acceptors (Lipinski definition) is 2. The first-order chi connectivity index (χ1) is 12.5. The summed E-state index contributed by atoms with van der Waals surface area (Å²) in [6.07, 6.45) is 10.1. The van der Waals surface area contributed by atoms with Gasteiger partial charge < -0.3 is 10.2 Å². The number of hydrogen-bond donors (Lipinski definition) is 2. The summed E-state index contributed by atoms with van der Waals surface area (Å²) in [6.45, 7) is 6.49. The van der Waals surface area contributed by atoms with Crippen LogP contribution in [-0.2, 0) is 12.8 Å². The van der Waals surface area contributed by atoms with Crippen LogP contribution in [0.1, 0.15) is 104 Å². The third-order valence-corrected chi connectivity index (χ3v) is 5.19. The molecular weight excluding hydrogens is 328 g/mol. The zero-order valence-corrected chi connectivity index (χ0v) is 16.5. The van der Waals surface area contributed by atoms with Crippen LogP contribution in [0.15, 0.2) is 12.1 Å². The van der Waals surface area contributed by atoms with Gasteiger partial charge in [-0.25, -0.2) is 9.59 Å². The monoisotopic (exact) mass is 362 g/mol. The average Bonchev–Trinajstić information content (AvgIpc) is 2.61. The van der Waals surface area contributed by atoms with Gasteiger partial charge in [-0.15, -0.1) is 0 Å². The molecule has 1 aromatic rings. The fraction of sp³-hybridized carbons (Fsp3) is 0.636. The Balaban J connectivity index is 3.22. The highest BCUT2D eigenvalue weighted by atomic mass is 16.4. The summed E-state index contributed by atoms with van der Waals surface area (Å²) in [5, 5.41) is 19.1. The van der Waals surface area contributed by atoms with E-state index >= 15 is 0 Å². The second-order valence-corrected chi connectivity index (χ2v) is 7.17. The van der Waals surface area contributed by atoms with Crippen molar-refractivity contribution in [3.63, 3.8) is 0 Å². The van der Waals surface area contributed by atoms with Gasteiger partial charge in [-0.1, -0.05) is 71.8 Å². The molecule has 0 saturated heterocycles. The van der Waals surface area contributed by atoms with E-state index in [2.05, 4.69) is 20.8 Å². The van der Waals surface area contributed by atoms with Crippen molar-refractivity contribution in [1.82, 2.24) is 0 Å². The first kappa shape index (κ1) is 22.2. The summed E-state index contributed by atoms with van der Waals surface area (Å²) in [7, 11) is 0. The molecule has 4 heteroatoms. The Bertz CT molecular complexity index is 592. The molecule has 1 unspecified atom stereocenters. The van der Waals surface area contributed by atoms with E-state index in [-0.39, 0.29) is 11.1 Å². The van der Waals surface area contributed by atoms with E-state index in [4.69, 9.17) is 0 Å². The molecule has 1 rings (SSSR count). The molecule has 0 aliphatic carbocycles. The lowest BCUT2D eigenvalue weighted by molar-refractivity contribution is 0.0650. The van der Waals surface area contributed by atoms with Gasteiger partial charge in [-0.2, -0.15) is 0 Å².